The van der Waals surface area contributed by atoms with Gasteiger partial charge in [0, 0.05) is 31.1 Å². The minimum absolute atomic E-state index is 0.210. The number of aryl methyl sites for hydroxylation is 1. The van der Waals surface area contributed by atoms with E-state index in [-0.39, 0.29) is 6.04 Å². The van der Waals surface area contributed by atoms with Crippen LogP contribution in [0, 0.1) is 0 Å². The van der Waals surface area contributed by atoms with E-state index in [9.17, 15) is 0 Å². The molecule has 1 aromatic heterocycles. The Balaban J connectivity index is 2.14. The Kier molecular flexibility index (Phi) is 2.12. The maximum absolute atomic E-state index is 5.73. The highest BCUT2D eigenvalue weighted by Gasteiger charge is 2.27. The van der Waals surface area contributed by atoms with E-state index in [1.807, 2.05) is 18.7 Å². The summed E-state index contributed by atoms with van der Waals surface area (Å²) < 4.78 is 2.01. The minimum Gasteiger partial charge on any atom is -0.328 e. The van der Waals surface area contributed by atoms with Crippen LogP contribution >= 0.6 is 0 Å². The fraction of sp³-hybridized carbons (Fsp3) is 0.700. The topological polar surface area (TPSA) is 43.8 Å². The first-order valence-corrected chi connectivity index (χ1v) is 4.95. The second-order valence-electron chi connectivity index (χ2n) is 4.14. The van der Waals surface area contributed by atoms with Gasteiger partial charge in [-0.25, -0.2) is 0 Å². The Morgan fingerprint density at radius 1 is 1.69 bits per heavy atom. The van der Waals surface area contributed by atoms with Gasteiger partial charge in [-0.15, -0.1) is 0 Å². The molecule has 1 atom stereocenters. The lowest BCUT2D eigenvalue weighted by molar-refractivity contribution is 0.669. The van der Waals surface area contributed by atoms with Crippen LogP contribution in [0.4, 0.5) is 0 Å². The molecule has 1 aliphatic carbocycles. The molecule has 3 nitrogen and oxygen atoms in total. The lowest BCUT2D eigenvalue weighted by Gasteiger charge is -1.98. The molecule has 1 heterocycles. The monoisotopic (exact) mass is 179 g/mol. The summed E-state index contributed by atoms with van der Waals surface area (Å²) in [6, 6.07) is 2.42. The lowest BCUT2D eigenvalue weighted by Crippen LogP contribution is -2.18. The second kappa shape index (κ2) is 3.14. The number of nitrogens with two attached hydrogens (primary N) is 1. The molecule has 0 bridgehead atoms. The summed E-state index contributed by atoms with van der Waals surface area (Å²) in [7, 11) is 2.03. The molecule has 1 unspecified atom stereocenters. The van der Waals surface area contributed by atoms with E-state index in [0.717, 1.165) is 18.0 Å². The van der Waals surface area contributed by atoms with Crippen molar-refractivity contribution in [2.75, 3.05) is 0 Å². The standard InChI is InChI=1S/C10H17N3/c1-7(11)5-9-6-10(8-3-4-8)13(2)12-9/h6-8H,3-5,11H2,1-2H3. The maximum atomic E-state index is 5.73. The van der Waals surface area contributed by atoms with Gasteiger partial charge in [-0.1, -0.05) is 0 Å². The molecule has 2 rings (SSSR count). The van der Waals surface area contributed by atoms with Gasteiger partial charge < -0.3 is 5.73 Å². The second-order valence-corrected chi connectivity index (χ2v) is 4.14. The van der Waals surface area contributed by atoms with E-state index in [0.29, 0.717) is 0 Å². The number of aromatic nitrogens is 2. The van der Waals surface area contributed by atoms with Crippen LogP contribution in [0.1, 0.15) is 37.1 Å². The van der Waals surface area contributed by atoms with Crippen molar-refractivity contribution in [2.24, 2.45) is 12.8 Å². The molecule has 1 fully saturated rings. The number of hydrogen-bond donors (Lipinski definition) is 1. The van der Waals surface area contributed by atoms with Gasteiger partial charge in [-0.2, -0.15) is 5.10 Å². The molecule has 72 valence electrons. The van der Waals surface area contributed by atoms with Crippen LogP contribution in [-0.2, 0) is 13.5 Å². The first kappa shape index (κ1) is 8.75. The van der Waals surface area contributed by atoms with Crippen molar-refractivity contribution in [1.82, 2.24) is 9.78 Å². The van der Waals surface area contributed by atoms with Gasteiger partial charge in [-0.3, -0.25) is 4.68 Å². The third-order valence-corrected chi connectivity index (χ3v) is 2.49. The summed E-state index contributed by atoms with van der Waals surface area (Å²) in [5, 5.41) is 4.45. The predicted molar refractivity (Wildman–Crippen MR) is 52.5 cm³/mol. The quantitative estimate of drug-likeness (QED) is 0.757. The number of rotatable bonds is 3. The molecular formula is C10H17N3. The zero-order chi connectivity index (χ0) is 9.42. The van der Waals surface area contributed by atoms with E-state index in [2.05, 4.69) is 11.2 Å². The average Bonchev–Trinajstić information content (AvgIpc) is 2.77. The van der Waals surface area contributed by atoms with E-state index < -0.39 is 0 Å². The molecule has 3 heteroatoms. The van der Waals surface area contributed by atoms with Crippen LogP contribution in [-0.4, -0.2) is 15.8 Å². The fourth-order valence-corrected chi connectivity index (χ4v) is 1.73. The van der Waals surface area contributed by atoms with Gasteiger partial charge >= 0.3 is 0 Å². The molecule has 1 saturated carbocycles. The molecule has 0 aromatic carbocycles. The normalized spacial score (nSPS) is 19.0. The van der Waals surface area contributed by atoms with Crippen LogP contribution in [0.5, 0.6) is 0 Å². The Morgan fingerprint density at radius 2 is 2.38 bits per heavy atom. The third-order valence-electron chi connectivity index (χ3n) is 2.49. The van der Waals surface area contributed by atoms with Crippen molar-refractivity contribution in [3.05, 3.63) is 17.5 Å². The van der Waals surface area contributed by atoms with E-state index in [1.165, 1.54) is 18.5 Å². The molecule has 1 aliphatic rings. The first-order chi connectivity index (χ1) is 6.16. The summed E-state index contributed by atoms with van der Waals surface area (Å²) in [5.74, 6) is 0.777. The van der Waals surface area contributed by atoms with E-state index >= 15 is 0 Å². The smallest absolute Gasteiger partial charge is 0.0642 e. The van der Waals surface area contributed by atoms with Gasteiger partial charge in [0.2, 0.25) is 0 Å². The summed E-state index contributed by atoms with van der Waals surface area (Å²) in [5.41, 5.74) is 8.25. The molecule has 0 amide bonds. The molecular weight excluding hydrogens is 162 g/mol. The molecule has 1 aromatic rings. The van der Waals surface area contributed by atoms with Crippen molar-refractivity contribution < 1.29 is 0 Å². The zero-order valence-electron chi connectivity index (χ0n) is 8.33. The Morgan fingerprint density at radius 3 is 2.92 bits per heavy atom. The SMILES string of the molecule is CC(N)Cc1cc(C2CC2)n(C)n1. The lowest BCUT2D eigenvalue weighted by atomic mass is 10.2. The summed E-state index contributed by atoms with van der Waals surface area (Å²) in [6.45, 7) is 2.02. The Bertz CT molecular complexity index is 297. The van der Waals surface area contributed by atoms with Gasteiger partial charge in [0.05, 0.1) is 5.69 Å². The third kappa shape index (κ3) is 1.91. The van der Waals surface area contributed by atoms with Gasteiger partial charge in [0.15, 0.2) is 0 Å². The highest BCUT2D eigenvalue weighted by molar-refractivity contribution is 5.19. The molecule has 0 saturated heterocycles. The highest BCUT2D eigenvalue weighted by atomic mass is 15.3. The van der Waals surface area contributed by atoms with Crippen molar-refractivity contribution in [3.8, 4) is 0 Å². The van der Waals surface area contributed by atoms with E-state index in [1.54, 1.807) is 0 Å². The van der Waals surface area contributed by atoms with Crippen molar-refractivity contribution in [1.29, 1.82) is 0 Å². The largest absolute Gasteiger partial charge is 0.328 e. The van der Waals surface area contributed by atoms with Crippen LogP contribution in [0.3, 0.4) is 0 Å². The molecule has 2 N–H and O–H groups in total. The molecule has 0 spiro atoms. The summed E-state index contributed by atoms with van der Waals surface area (Å²) in [4.78, 5) is 0. The van der Waals surface area contributed by atoms with Crippen LogP contribution in [0.2, 0.25) is 0 Å². The summed E-state index contributed by atoms with van der Waals surface area (Å²) in [6.07, 6.45) is 3.55. The maximum Gasteiger partial charge on any atom is 0.0642 e. The van der Waals surface area contributed by atoms with Gasteiger partial charge in [0.25, 0.3) is 0 Å². The molecule has 13 heavy (non-hydrogen) atoms. The summed E-state index contributed by atoms with van der Waals surface area (Å²) >= 11 is 0. The number of nitrogens with zero attached hydrogens (tertiary/aromatic N) is 2. The van der Waals surface area contributed by atoms with Crippen molar-refractivity contribution >= 4 is 0 Å². The first-order valence-electron chi connectivity index (χ1n) is 4.95. The predicted octanol–water partition coefficient (Wildman–Crippen LogP) is 1.19. The van der Waals surface area contributed by atoms with Crippen molar-refractivity contribution in [3.63, 3.8) is 0 Å². The average molecular weight is 179 g/mol. The van der Waals surface area contributed by atoms with Crippen LogP contribution in [0.15, 0.2) is 6.07 Å². The minimum atomic E-state index is 0.210. The van der Waals surface area contributed by atoms with Gasteiger partial charge in [-0.05, 0) is 25.8 Å². The molecule has 0 radical (unpaired) electrons. The molecule has 0 aliphatic heterocycles. The number of hydrogen-bond acceptors (Lipinski definition) is 2. The Hall–Kier alpha value is -0.830. The van der Waals surface area contributed by atoms with Crippen molar-refractivity contribution in [2.45, 2.75) is 38.1 Å². The zero-order valence-corrected chi connectivity index (χ0v) is 8.33. The van der Waals surface area contributed by atoms with Crippen LogP contribution < -0.4 is 5.73 Å². The Labute approximate surface area is 78.9 Å². The van der Waals surface area contributed by atoms with E-state index in [4.69, 9.17) is 5.73 Å². The van der Waals surface area contributed by atoms with Gasteiger partial charge in [0.1, 0.15) is 0 Å². The fourth-order valence-electron chi connectivity index (χ4n) is 1.73. The van der Waals surface area contributed by atoms with Crippen LogP contribution in [0.25, 0.3) is 0 Å². The highest BCUT2D eigenvalue weighted by Crippen LogP contribution is 2.39.